The van der Waals surface area contributed by atoms with Crippen LogP contribution in [-0.4, -0.2) is 37.2 Å². The van der Waals surface area contributed by atoms with Gasteiger partial charge in [0.2, 0.25) is 0 Å². The van der Waals surface area contributed by atoms with Crippen LogP contribution in [0.3, 0.4) is 0 Å². The molecule has 0 amide bonds. The summed E-state index contributed by atoms with van der Waals surface area (Å²) >= 11 is 0. The smallest absolute Gasteiger partial charge is 0.306 e. The van der Waals surface area contributed by atoms with Crippen molar-refractivity contribution in [1.82, 2.24) is 0 Å². The summed E-state index contributed by atoms with van der Waals surface area (Å²) in [7, 11) is 0. The maximum absolute atomic E-state index is 12.8. The Bertz CT molecular complexity index is 903. The molecule has 0 fully saturated rings. The van der Waals surface area contributed by atoms with E-state index in [0.717, 1.165) is 63.7 Å². The molecular formula is C54H104O6. The van der Waals surface area contributed by atoms with E-state index in [4.69, 9.17) is 14.2 Å². The molecule has 356 valence electrons. The fourth-order valence-corrected chi connectivity index (χ4v) is 8.22. The summed E-state index contributed by atoms with van der Waals surface area (Å²) in [5.74, 6) is -0.0504. The Morgan fingerprint density at radius 3 is 0.817 bits per heavy atom. The first kappa shape index (κ1) is 58.4. The van der Waals surface area contributed by atoms with Crippen LogP contribution in [0.25, 0.3) is 0 Å². The Morgan fingerprint density at radius 1 is 0.317 bits per heavy atom. The summed E-state index contributed by atoms with van der Waals surface area (Å²) in [6.07, 6.45) is 50.9. The van der Waals surface area contributed by atoms with Gasteiger partial charge in [0.15, 0.2) is 6.10 Å². The van der Waals surface area contributed by atoms with E-state index in [9.17, 15) is 14.4 Å². The molecule has 0 rings (SSSR count). The quantitative estimate of drug-likeness (QED) is 0.0345. The summed E-state index contributed by atoms with van der Waals surface area (Å²) in [5.41, 5.74) is 0. The highest BCUT2D eigenvalue weighted by atomic mass is 16.6. The fraction of sp³-hybridized carbons (Fsp3) is 0.944. The van der Waals surface area contributed by atoms with Gasteiger partial charge in [0.25, 0.3) is 0 Å². The molecule has 0 radical (unpaired) electrons. The molecular weight excluding hydrogens is 745 g/mol. The Kier molecular flexibility index (Phi) is 47.2. The van der Waals surface area contributed by atoms with E-state index in [1.165, 1.54) is 199 Å². The molecule has 1 atom stereocenters. The van der Waals surface area contributed by atoms with Gasteiger partial charge >= 0.3 is 17.9 Å². The lowest BCUT2D eigenvalue weighted by Gasteiger charge is -2.18. The van der Waals surface area contributed by atoms with Crippen LogP contribution in [0.4, 0.5) is 0 Å². The van der Waals surface area contributed by atoms with Gasteiger partial charge in [-0.25, -0.2) is 0 Å². The number of rotatable bonds is 49. The first-order valence-corrected chi connectivity index (χ1v) is 26.9. The van der Waals surface area contributed by atoms with E-state index < -0.39 is 6.10 Å². The van der Waals surface area contributed by atoms with Gasteiger partial charge in [-0.15, -0.1) is 0 Å². The normalized spacial score (nSPS) is 11.9. The van der Waals surface area contributed by atoms with Gasteiger partial charge in [-0.1, -0.05) is 265 Å². The summed E-state index contributed by atoms with van der Waals surface area (Å²) in [5, 5.41) is 0. The molecule has 0 aliphatic heterocycles. The number of carbonyl (C=O) groups is 3. The van der Waals surface area contributed by atoms with Gasteiger partial charge in [0, 0.05) is 19.3 Å². The van der Waals surface area contributed by atoms with Gasteiger partial charge in [-0.3, -0.25) is 14.4 Å². The molecule has 0 saturated heterocycles. The maximum Gasteiger partial charge on any atom is 0.306 e. The maximum atomic E-state index is 12.8. The van der Waals surface area contributed by atoms with E-state index in [2.05, 4.69) is 27.7 Å². The van der Waals surface area contributed by atoms with Crippen molar-refractivity contribution < 1.29 is 28.6 Å². The molecule has 0 bridgehead atoms. The van der Waals surface area contributed by atoms with E-state index in [1.54, 1.807) is 0 Å². The number of unbranched alkanes of at least 4 members (excludes halogenated alkanes) is 36. The van der Waals surface area contributed by atoms with Crippen LogP contribution in [0.5, 0.6) is 0 Å². The minimum absolute atomic E-state index is 0.0630. The first-order chi connectivity index (χ1) is 29.4. The fourth-order valence-electron chi connectivity index (χ4n) is 8.22. The highest BCUT2D eigenvalue weighted by Gasteiger charge is 2.19. The highest BCUT2D eigenvalue weighted by molar-refractivity contribution is 5.71. The molecule has 6 heteroatoms. The topological polar surface area (TPSA) is 78.9 Å². The first-order valence-electron chi connectivity index (χ1n) is 26.9. The lowest BCUT2D eigenvalue weighted by molar-refractivity contribution is -0.167. The van der Waals surface area contributed by atoms with Crippen LogP contribution in [0, 0.1) is 5.92 Å². The molecule has 60 heavy (non-hydrogen) atoms. The predicted octanol–water partition coefficient (Wildman–Crippen LogP) is 17.5. The molecule has 0 spiro atoms. The zero-order valence-corrected chi connectivity index (χ0v) is 40.9. The van der Waals surface area contributed by atoms with E-state index >= 15 is 0 Å². The molecule has 0 saturated carbocycles. The van der Waals surface area contributed by atoms with Crippen molar-refractivity contribution in [1.29, 1.82) is 0 Å². The Balaban J connectivity index is 4.26. The molecule has 6 nitrogen and oxygen atoms in total. The van der Waals surface area contributed by atoms with Gasteiger partial charge in [-0.05, 0) is 25.2 Å². The molecule has 0 aliphatic carbocycles. The highest BCUT2D eigenvalue weighted by Crippen LogP contribution is 2.17. The van der Waals surface area contributed by atoms with Crippen molar-refractivity contribution in [3.05, 3.63) is 0 Å². The third-order valence-corrected chi connectivity index (χ3v) is 12.3. The van der Waals surface area contributed by atoms with Crippen molar-refractivity contribution in [2.75, 3.05) is 13.2 Å². The molecule has 0 N–H and O–H groups in total. The number of hydrogen-bond acceptors (Lipinski definition) is 6. The number of carbonyl (C=O) groups excluding carboxylic acids is 3. The summed E-state index contributed by atoms with van der Waals surface area (Å²) in [6.45, 7) is 9.00. The molecule has 0 aromatic carbocycles. The Labute approximate surface area is 374 Å². The van der Waals surface area contributed by atoms with Crippen LogP contribution in [-0.2, 0) is 28.6 Å². The molecule has 0 unspecified atom stereocenters. The van der Waals surface area contributed by atoms with Crippen LogP contribution < -0.4 is 0 Å². The van der Waals surface area contributed by atoms with Gasteiger partial charge in [0.05, 0.1) is 0 Å². The zero-order chi connectivity index (χ0) is 43.8. The van der Waals surface area contributed by atoms with Gasteiger partial charge < -0.3 is 14.2 Å². The van der Waals surface area contributed by atoms with Crippen molar-refractivity contribution in [2.45, 2.75) is 310 Å². The summed E-state index contributed by atoms with van der Waals surface area (Å²) in [4.78, 5) is 38.0. The SMILES string of the molecule is CCCCCCCCCCCCCCCCCCCC(=O)OC[C@H](COC(=O)CCCCCCCCCCCCCCCC)OC(=O)CCCCCCCCCCC(C)C. The van der Waals surface area contributed by atoms with Crippen LogP contribution in [0.2, 0.25) is 0 Å². The zero-order valence-electron chi connectivity index (χ0n) is 40.9. The Hall–Kier alpha value is -1.59. The number of hydrogen-bond donors (Lipinski definition) is 0. The van der Waals surface area contributed by atoms with E-state index in [0.29, 0.717) is 19.3 Å². The second-order valence-corrected chi connectivity index (χ2v) is 19.0. The lowest BCUT2D eigenvalue weighted by Crippen LogP contribution is -2.30. The number of esters is 3. The monoisotopic (exact) mass is 849 g/mol. The Morgan fingerprint density at radius 2 is 0.550 bits per heavy atom. The average molecular weight is 849 g/mol. The molecule has 0 aliphatic rings. The van der Waals surface area contributed by atoms with E-state index in [1.807, 2.05) is 0 Å². The van der Waals surface area contributed by atoms with Crippen LogP contribution in [0.1, 0.15) is 304 Å². The molecule has 0 aromatic rings. The largest absolute Gasteiger partial charge is 0.462 e. The minimum atomic E-state index is -0.761. The van der Waals surface area contributed by atoms with Crippen molar-refractivity contribution in [2.24, 2.45) is 5.92 Å². The third kappa shape index (κ3) is 47.5. The third-order valence-electron chi connectivity index (χ3n) is 12.3. The standard InChI is InChI=1S/C54H104O6/c1-5-7-9-11-13-15-17-19-21-22-23-25-27-29-34-38-42-46-53(56)59-49-51(60-54(57)47-43-39-35-31-30-32-36-40-44-50(3)4)48-58-52(55)45-41-37-33-28-26-24-20-18-16-14-12-10-8-6-2/h50-51H,5-49H2,1-4H3/t51-/m0/s1. The summed E-state index contributed by atoms with van der Waals surface area (Å²) < 4.78 is 16.8. The second kappa shape index (κ2) is 48.4. The van der Waals surface area contributed by atoms with Crippen molar-refractivity contribution in [3.8, 4) is 0 Å². The van der Waals surface area contributed by atoms with E-state index in [-0.39, 0.29) is 31.1 Å². The summed E-state index contributed by atoms with van der Waals surface area (Å²) in [6, 6.07) is 0. The predicted molar refractivity (Wildman–Crippen MR) is 257 cm³/mol. The molecule has 0 aromatic heterocycles. The minimum Gasteiger partial charge on any atom is -0.462 e. The van der Waals surface area contributed by atoms with Crippen LogP contribution >= 0.6 is 0 Å². The molecule has 0 heterocycles. The van der Waals surface area contributed by atoms with Gasteiger partial charge in [0.1, 0.15) is 13.2 Å². The average Bonchev–Trinajstić information content (AvgIpc) is 3.23. The number of ether oxygens (including phenoxy) is 3. The van der Waals surface area contributed by atoms with Gasteiger partial charge in [-0.2, -0.15) is 0 Å². The lowest BCUT2D eigenvalue weighted by atomic mass is 10.0. The van der Waals surface area contributed by atoms with Crippen LogP contribution in [0.15, 0.2) is 0 Å². The van der Waals surface area contributed by atoms with Crippen molar-refractivity contribution >= 4 is 17.9 Å². The van der Waals surface area contributed by atoms with Crippen molar-refractivity contribution in [3.63, 3.8) is 0 Å². The second-order valence-electron chi connectivity index (χ2n) is 19.0.